The van der Waals surface area contributed by atoms with Gasteiger partial charge in [0.15, 0.2) is 5.82 Å². The van der Waals surface area contributed by atoms with E-state index in [-0.39, 0.29) is 24.2 Å². The van der Waals surface area contributed by atoms with Crippen LogP contribution in [0.25, 0.3) is 0 Å². The van der Waals surface area contributed by atoms with Crippen LogP contribution >= 0.6 is 0 Å². The van der Waals surface area contributed by atoms with E-state index >= 15 is 0 Å². The fraction of sp³-hybridized carbons (Fsp3) is 0.471. The van der Waals surface area contributed by atoms with E-state index in [9.17, 15) is 4.79 Å². The van der Waals surface area contributed by atoms with E-state index in [0.29, 0.717) is 11.7 Å². The number of nitrogens with zero attached hydrogens (tertiary/aromatic N) is 3. The predicted octanol–water partition coefficient (Wildman–Crippen LogP) is 2.18. The normalized spacial score (nSPS) is 22.3. The number of rotatable bonds is 4. The molecular weight excluding hydrogens is 306 g/mol. The van der Waals surface area contributed by atoms with E-state index in [2.05, 4.69) is 44.9 Å². The second-order valence-electron chi connectivity index (χ2n) is 6.25. The Morgan fingerprint density at radius 3 is 2.79 bits per heavy atom. The van der Waals surface area contributed by atoms with Gasteiger partial charge in [0, 0.05) is 6.54 Å². The maximum atomic E-state index is 12.3. The summed E-state index contributed by atoms with van der Waals surface area (Å²) < 4.78 is 5.09. The molecular formula is C17H23N5O2. The van der Waals surface area contributed by atoms with Crippen LogP contribution in [0.15, 0.2) is 34.9 Å². The third kappa shape index (κ3) is 3.56. The molecule has 3 atom stereocenters. The van der Waals surface area contributed by atoms with Crippen LogP contribution < -0.4 is 10.6 Å². The van der Waals surface area contributed by atoms with Crippen molar-refractivity contribution in [1.29, 1.82) is 0 Å². The number of likely N-dealkylation sites (N-methyl/N-ethyl adjacent to an activating group) is 1. The zero-order valence-corrected chi connectivity index (χ0v) is 14.2. The molecule has 2 N–H and O–H groups in total. The monoisotopic (exact) mass is 329 g/mol. The molecule has 2 aromatic rings. The molecule has 0 bridgehead atoms. The second-order valence-corrected chi connectivity index (χ2v) is 6.25. The minimum absolute atomic E-state index is 0.0639. The van der Waals surface area contributed by atoms with E-state index < -0.39 is 0 Å². The first-order valence-electron chi connectivity index (χ1n) is 8.17. The van der Waals surface area contributed by atoms with Gasteiger partial charge in [-0.05, 0) is 32.9 Å². The van der Waals surface area contributed by atoms with Gasteiger partial charge in [0.2, 0.25) is 5.89 Å². The van der Waals surface area contributed by atoms with Crippen LogP contribution in [0.3, 0.4) is 0 Å². The Bertz CT molecular complexity index is 687. The molecule has 2 heterocycles. The summed E-state index contributed by atoms with van der Waals surface area (Å²) in [6.07, 6.45) is 0.914. The van der Waals surface area contributed by atoms with Crippen molar-refractivity contribution in [2.24, 2.45) is 0 Å². The van der Waals surface area contributed by atoms with Crippen molar-refractivity contribution >= 4 is 6.03 Å². The lowest BCUT2D eigenvalue weighted by atomic mass is 10.0. The molecule has 7 nitrogen and oxygen atoms in total. The molecule has 0 radical (unpaired) electrons. The lowest BCUT2D eigenvalue weighted by Crippen LogP contribution is -2.45. The van der Waals surface area contributed by atoms with Crippen LogP contribution in [0.4, 0.5) is 4.79 Å². The van der Waals surface area contributed by atoms with Crippen LogP contribution in [0, 0.1) is 6.92 Å². The van der Waals surface area contributed by atoms with Crippen LogP contribution in [0.1, 0.15) is 42.7 Å². The molecule has 128 valence electrons. The van der Waals surface area contributed by atoms with E-state index in [0.717, 1.165) is 13.0 Å². The molecule has 2 amide bonds. The van der Waals surface area contributed by atoms with Gasteiger partial charge in [0.1, 0.15) is 6.04 Å². The number of benzene rings is 1. The Hall–Kier alpha value is -2.41. The van der Waals surface area contributed by atoms with Gasteiger partial charge in [0.25, 0.3) is 0 Å². The summed E-state index contributed by atoms with van der Waals surface area (Å²) in [4.78, 5) is 18.8. The number of aromatic nitrogens is 2. The zero-order chi connectivity index (χ0) is 17.1. The average molecular weight is 329 g/mol. The highest BCUT2D eigenvalue weighted by Gasteiger charge is 2.34. The molecule has 3 rings (SSSR count). The largest absolute Gasteiger partial charge is 0.337 e. The molecule has 1 aliphatic heterocycles. The van der Waals surface area contributed by atoms with Crippen molar-refractivity contribution in [3.63, 3.8) is 0 Å². The molecule has 7 heteroatoms. The molecule has 24 heavy (non-hydrogen) atoms. The summed E-state index contributed by atoms with van der Waals surface area (Å²) in [7, 11) is 2.08. The Balaban J connectivity index is 1.63. The molecule has 1 fully saturated rings. The average Bonchev–Trinajstić information content (AvgIpc) is 3.14. The zero-order valence-electron chi connectivity index (χ0n) is 14.2. The van der Waals surface area contributed by atoms with Gasteiger partial charge in [0.05, 0.1) is 12.1 Å². The first-order valence-corrected chi connectivity index (χ1v) is 8.17. The van der Waals surface area contributed by atoms with Crippen molar-refractivity contribution in [3.05, 3.63) is 47.6 Å². The fourth-order valence-electron chi connectivity index (χ4n) is 3.19. The van der Waals surface area contributed by atoms with Crippen LogP contribution in [0.2, 0.25) is 0 Å². The second kappa shape index (κ2) is 7.00. The summed E-state index contributed by atoms with van der Waals surface area (Å²) >= 11 is 0. The number of hydrogen-bond acceptors (Lipinski definition) is 5. The molecule has 1 saturated heterocycles. The van der Waals surface area contributed by atoms with E-state index in [1.54, 1.807) is 6.92 Å². The van der Waals surface area contributed by atoms with E-state index in [1.165, 1.54) is 5.56 Å². The number of aryl methyl sites for hydroxylation is 1. The molecule has 0 aliphatic carbocycles. The molecule has 1 aliphatic rings. The molecule has 1 aromatic heterocycles. The SMILES string of the molecule is Cc1noc(C(C)NC(=O)NC2CCN(C)C2c2ccccc2)n1. The van der Waals surface area contributed by atoms with Gasteiger partial charge in [-0.15, -0.1) is 0 Å². The maximum Gasteiger partial charge on any atom is 0.315 e. The van der Waals surface area contributed by atoms with Crippen molar-refractivity contribution in [2.75, 3.05) is 13.6 Å². The predicted molar refractivity (Wildman–Crippen MR) is 89.3 cm³/mol. The fourth-order valence-corrected chi connectivity index (χ4v) is 3.19. The van der Waals surface area contributed by atoms with Gasteiger partial charge >= 0.3 is 6.03 Å². The highest BCUT2D eigenvalue weighted by molar-refractivity contribution is 5.74. The summed E-state index contributed by atoms with van der Waals surface area (Å²) in [6, 6.07) is 9.94. The third-order valence-electron chi connectivity index (χ3n) is 4.37. The summed E-state index contributed by atoms with van der Waals surface area (Å²) in [5.41, 5.74) is 1.21. The van der Waals surface area contributed by atoms with Gasteiger partial charge in [-0.2, -0.15) is 4.98 Å². The Morgan fingerprint density at radius 1 is 1.38 bits per heavy atom. The number of hydrogen-bond donors (Lipinski definition) is 2. The smallest absolute Gasteiger partial charge is 0.315 e. The minimum Gasteiger partial charge on any atom is -0.337 e. The van der Waals surface area contributed by atoms with Crippen molar-refractivity contribution in [3.8, 4) is 0 Å². The topological polar surface area (TPSA) is 83.3 Å². The van der Waals surface area contributed by atoms with E-state index in [4.69, 9.17) is 4.52 Å². The number of nitrogens with one attached hydrogen (secondary N) is 2. The quantitative estimate of drug-likeness (QED) is 0.898. The first-order chi connectivity index (χ1) is 11.5. The lowest BCUT2D eigenvalue weighted by Gasteiger charge is -2.26. The molecule has 0 spiro atoms. The van der Waals surface area contributed by atoms with Crippen LogP contribution in [-0.2, 0) is 0 Å². The first kappa shape index (κ1) is 16.4. The standard InChI is InChI=1S/C17H23N5O2/c1-11(16-19-12(2)21-24-16)18-17(23)20-14-9-10-22(3)15(14)13-7-5-4-6-8-13/h4-8,11,14-15H,9-10H2,1-3H3,(H2,18,20,23). The summed E-state index contributed by atoms with van der Waals surface area (Å²) in [5, 5.41) is 9.69. The maximum absolute atomic E-state index is 12.3. The van der Waals surface area contributed by atoms with Crippen LogP contribution in [-0.4, -0.2) is 40.7 Å². The van der Waals surface area contributed by atoms with Gasteiger partial charge in [-0.3, -0.25) is 4.90 Å². The van der Waals surface area contributed by atoms with Crippen molar-refractivity contribution < 1.29 is 9.32 Å². The van der Waals surface area contributed by atoms with Crippen LogP contribution in [0.5, 0.6) is 0 Å². The van der Waals surface area contributed by atoms with Gasteiger partial charge < -0.3 is 15.2 Å². The number of carbonyl (C=O) groups is 1. The van der Waals surface area contributed by atoms with Crippen molar-refractivity contribution in [1.82, 2.24) is 25.7 Å². The molecule has 0 saturated carbocycles. The number of carbonyl (C=O) groups excluding carboxylic acids is 1. The number of likely N-dealkylation sites (tertiary alicyclic amines) is 1. The Morgan fingerprint density at radius 2 is 2.12 bits per heavy atom. The van der Waals surface area contributed by atoms with Gasteiger partial charge in [-0.25, -0.2) is 4.79 Å². The summed E-state index contributed by atoms with van der Waals surface area (Å²) in [6.45, 7) is 4.52. The Labute approximate surface area is 141 Å². The summed E-state index contributed by atoms with van der Waals surface area (Å²) in [5.74, 6) is 0.964. The Kier molecular flexibility index (Phi) is 4.80. The third-order valence-corrected chi connectivity index (χ3v) is 4.37. The van der Waals surface area contributed by atoms with Crippen molar-refractivity contribution in [2.45, 2.75) is 38.4 Å². The minimum atomic E-state index is -0.333. The molecule has 3 unspecified atom stereocenters. The highest BCUT2D eigenvalue weighted by Crippen LogP contribution is 2.30. The lowest BCUT2D eigenvalue weighted by molar-refractivity contribution is 0.223. The van der Waals surface area contributed by atoms with Gasteiger partial charge in [-0.1, -0.05) is 35.5 Å². The van der Waals surface area contributed by atoms with E-state index in [1.807, 2.05) is 25.1 Å². The molecule has 1 aromatic carbocycles. The number of amides is 2. The highest BCUT2D eigenvalue weighted by atomic mass is 16.5. The number of urea groups is 1.